The Morgan fingerprint density at radius 3 is 1.34 bits per heavy atom. The van der Waals surface area contributed by atoms with E-state index >= 15 is 0 Å². The van der Waals surface area contributed by atoms with Gasteiger partial charge in [0.15, 0.2) is 11.2 Å². The molecule has 22 heteroatoms. The summed E-state index contributed by atoms with van der Waals surface area (Å²) in [6, 6.07) is 12.7. The van der Waals surface area contributed by atoms with E-state index in [1.165, 1.54) is 18.2 Å². The molecule has 10 aliphatic rings. The van der Waals surface area contributed by atoms with Gasteiger partial charge in [0.2, 0.25) is 0 Å². The molecule has 0 amide bonds. The summed E-state index contributed by atoms with van der Waals surface area (Å²) >= 11 is 0. The number of ether oxygens (including phenoxy) is 4. The van der Waals surface area contributed by atoms with Gasteiger partial charge in [0.1, 0.15) is 26.1 Å². The first-order valence-corrected chi connectivity index (χ1v) is 21.9. The van der Waals surface area contributed by atoms with E-state index in [2.05, 4.69) is 4.52 Å². The van der Waals surface area contributed by atoms with Crippen LogP contribution < -0.4 is 137 Å². The van der Waals surface area contributed by atoms with Crippen molar-refractivity contribution in [3.05, 3.63) is 59.7 Å². The second kappa shape index (κ2) is 17.6. The third-order valence-corrected chi connectivity index (χ3v) is 15.4. The van der Waals surface area contributed by atoms with Gasteiger partial charge in [0, 0.05) is 49.0 Å². The third-order valence-electron chi connectivity index (χ3n) is 14.5. The molecule has 2 N–H and O–H groups in total. The molecule has 0 radical (unpaired) electrons. The van der Waals surface area contributed by atoms with Crippen molar-refractivity contribution in [2.45, 2.75) is 98.2 Å². The van der Waals surface area contributed by atoms with Crippen LogP contribution >= 0.6 is 15.6 Å². The molecule has 6 unspecified atom stereocenters. The number of phosphoric acid groups is 2. The minimum absolute atomic E-state index is 0. The van der Waals surface area contributed by atoms with Crippen molar-refractivity contribution >= 4 is 15.6 Å². The van der Waals surface area contributed by atoms with Crippen LogP contribution in [0.5, 0.6) is 11.5 Å². The van der Waals surface area contributed by atoms with E-state index in [0.29, 0.717) is 35.8 Å². The van der Waals surface area contributed by atoms with Gasteiger partial charge >= 0.3 is 126 Å². The van der Waals surface area contributed by atoms with E-state index in [0.717, 1.165) is 51.4 Å². The van der Waals surface area contributed by atoms with Crippen molar-refractivity contribution in [1.29, 1.82) is 0 Å². The van der Waals surface area contributed by atoms with E-state index in [4.69, 9.17) is 43.0 Å². The van der Waals surface area contributed by atoms with E-state index in [-0.39, 0.29) is 160 Å². The van der Waals surface area contributed by atoms with Gasteiger partial charge in [-0.05, 0) is 100 Å². The molecule has 2 aromatic carbocycles. The normalized spacial score (nSPS) is 41.8. The monoisotopic (exact) mass is 898 g/mol. The molecule has 2 heterocycles. The molecule has 300 valence electrons. The molecule has 0 aromatic heterocycles. The molecule has 2 aliphatic heterocycles. The molecular weight excluding hydrogens is 854 g/mol. The van der Waals surface area contributed by atoms with Crippen molar-refractivity contribution in [2.75, 3.05) is 21.0 Å². The fourth-order valence-corrected chi connectivity index (χ4v) is 13.9. The first kappa shape index (κ1) is 50.4. The van der Waals surface area contributed by atoms with Gasteiger partial charge in [-0.1, -0.05) is 24.3 Å². The van der Waals surface area contributed by atoms with Gasteiger partial charge in [0.25, 0.3) is 11.6 Å². The summed E-state index contributed by atoms with van der Waals surface area (Å²) in [4.78, 5) is 65.6. The molecule has 2 spiro atoms. The molecule has 8 saturated carbocycles. The zero-order valence-electron chi connectivity index (χ0n) is 34.4. The first-order chi connectivity index (χ1) is 26.1. The Kier molecular flexibility index (Phi) is 15.0. The van der Waals surface area contributed by atoms with Crippen LogP contribution in [-0.4, -0.2) is 53.2 Å². The van der Waals surface area contributed by atoms with E-state index in [9.17, 15) is 28.7 Å². The molecule has 2 saturated heterocycles. The standard InChI is InChI=1S/C37H46O16P2.4Na/c1-44-36(24-5-3-7-30(13-24)48-54(38,39)40)34(50-52-36)26-9-22-10-27(34)18-32(15-22,17-26)46-21-47-33-16-23-11-28(19-33)35(29(12-23)20-33)37(45-2,53-51-35)25-6-4-8-31(14-25)49-55(41,42)43;;;;/h3-8,13-14,22-23,26-29H,9-12,15-21H2,1-2H3,(H2,38,39,40)(H2,41,42,43);;;;/q;4*+1/p-2. The molecule has 6 atom stereocenters. The smallest absolute Gasteiger partial charge is 0.780 e. The van der Waals surface area contributed by atoms with E-state index in [1.54, 1.807) is 44.6 Å². The second-order valence-electron chi connectivity index (χ2n) is 17.2. The Morgan fingerprint density at radius 2 is 1.02 bits per heavy atom. The Bertz CT molecular complexity index is 1810. The summed E-state index contributed by atoms with van der Waals surface area (Å²) in [6.45, 7) is 0.142. The van der Waals surface area contributed by atoms with Crippen LogP contribution in [0.4, 0.5) is 0 Å². The summed E-state index contributed by atoms with van der Waals surface area (Å²) < 4.78 is 58.6. The zero-order valence-corrected chi connectivity index (χ0v) is 44.2. The molecular formula is C37H44Na4O16P2+2. The average Bonchev–Trinajstić information content (AvgIpc) is 3.06. The van der Waals surface area contributed by atoms with Crippen molar-refractivity contribution in [3.8, 4) is 11.5 Å². The van der Waals surface area contributed by atoms with Crippen molar-refractivity contribution < 1.29 is 194 Å². The van der Waals surface area contributed by atoms with Crippen LogP contribution in [-0.2, 0) is 59.2 Å². The average molecular weight is 899 g/mol. The van der Waals surface area contributed by atoms with Crippen LogP contribution in [0, 0.1) is 35.5 Å². The van der Waals surface area contributed by atoms with Crippen LogP contribution in [0.1, 0.15) is 75.3 Å². The fourth-order valence-electron chi connectivity index (χ4n) is 13.1. The number of hydrogen-bond donors (Lipinski definition) is 2. The number of hydrogen-bond acceptors (Lipinski definition) is 14. The molecule has 16 nitrogen and oxygen atoms in total. The molecule has 59 heavy (non-hydrogen) atoms. The molecule has 12 rings (SSSR count). The minimum Gasteiger partial charge on any atom is -0.780 e. The summed E-state index contributed by atoms with van der Waals surface area (Å²) in [5, 5.41) is 0. The molecule has 8 aliphatic carbocycles. The quantitative estimate of drug-likeness (QED) is 0.0877. The Balaban J connectivity index is 0.00000146. The van der Waals surface area contributed by atoms with E-state index in [1.807, 2.05) is 0 Å². The van der Waals surface area contributed by atoms with Crippen molar-refractivity contribution in [1.82, 2.24) is 0 Å². The predicted octanol–water partition coefficient (Wildman–Crippen LogP) is -7.77. The summed E-state index contributed by atoms with van der Waals surface area (Å²) in [5.74, 6) is -1.76. The second-order valence-corrected chi connectivity index (χ2v) is 19.4. The van der Waals surface area contributed by atoms with Crippen molar-refractivity contribution in [3.63, 3.8) is 0 Å². The summed E-state index contributed by atoms with van der Waals surface area (Å²) in [5.41, 5.74) is -1.39. The Labute approximate surface area is 430 Å². The van der Waals surface area contributed by atoms with Gasteiger partial charge in [0.05, 0.1) is 11.2 Å². The maximum absolute atomic E-state index is 11.6. The van der Waals surface area contributed by atoms with Crippen LogP contribution in [0.25, 0.3) is 0 Å². The number of phosphoric ester groups is 2. The maximum atomic E-state index is 11.6. The number of methoxy groups -OCH3 is 2. The van der Waals surface area contributed by atoms with Gasteiger partial charge in [-0.15, -0.1) is 0 Å². The number of rotatable bonds is 12. The number of benzene rings is 2. The fraction of sp³-hybridized carbons (Fsp3) is 0.676. The minimum atomic E-state index is -5.28. The predicted molar refractivity (Wildman–Crippen MR) is 181 cm³/mol. The SMILES string of the molecule is COC1(c2cccc(OP(=O)([O-])[O-])c2)OOC12C1CC3CC2CC(OCOC24CC5CC(C2)C2(OOC2(OC)c2cccc(OP(=O)(O)O)c2)C(C5)C4)(C3)C1.[Na+].[Na+].[Na+].[Na+]. The third kappa shape index (κ3) is 7.89. The van der Waals surface area contributed by atoms with Gasteiger partial charge in [-0.2, -0.15) is 9.78 Å². The van der Waals surface area contributed by atoms with Crippen molar-refractivity contribution in [2.24, 2.45) is 35.5 Å². The van der Waals surface area contributed by atoms with Crippen LogP contribution in [0.3, 0.4) is 0 Å². The van der Waals surface area contributed by atoms with Gasteiger partial charge in [-0.25, -0.2) is 14.3 Å². The van der Waals surface area contributed by atoms with E-state index < -0.39 is 49.6 Å². The Morgan fingerprint density at radius 1 is 0.627 bits per heavy atom. The molecule has 10 fully saturated rings. The first-order valence-electron chi connectivity index (χ1n) is 18.9. The molecule has 8 bridgehead atoms. The van der Waals surface area contributed by atoms with Gasteiger partial charge < -0.3 is 42.3 Å². The largest absolute Gasteiger partial charge is 1.00 e. The summed E-state index contributed by atoms with van der Waals surface area (Å²) in [6.07, 6.45) is 8.34. The summed E-state index contributed by atoms with van der Waals surface area (Å²) in [7, 11) is -6.95. The van der Waals surface area contributed by atoms with Gasteiger partial charge in [-0.3, -0.25) is 9.79 Å². The van der Waals surface area contributed by atoms with Crippen LogP contribution in [0.15, 0.2) is 48.5 Å². The zero-order chi connectivity index (χ0) is 38.3. The van der Waals surface area contributed by atoms with Crippen LogP contribution in [0.2, 0.25) is 0 Å². The topological polar surface area (TPSA) is 213 Å². The molecule has 2 aromatic rings. The maximum Gasteiger partial charge on any atom is 1.00 e. The Hall–Kier alpha value is 2.02.